The highest BCUT2D eigenvalue weighted by atomic mass is 16.5. The molecule has 0 heterocycles. The van der Waals surface area contributed by atoms with Gasteiger partial charge in [0.25, 0.3) is 5.91 Å². The van der Waals surface area contributed by atoms with Gasteiger partial charge in [0.1, 0.15) is 0 Å². The van der Waals surface area contributed by atoms with Crippen LogP contribution in [-0.2, 0) is 4.79 Å². The number of hydrogen-bond donors (Lipinski definition) is 1. The Bertz CT molecular complexity index is 338. The van der Waals surface area contributed by atoms with Crippen molar-refractivity contribution < 1.29 is 14.3 Å². The van der Waals surface area contributed by atoms with E-state index in [0.717, 1.165) is 0 Å². The normalized spacial score (nSPS) is 11.7. The van der Waals surface area contributed by atoms with E-state index in [4.69, 9.17) is 9.47 Å². The summed E-state index contributed by atoms with van der Waals surface area (Å²) in [6.07, 6.45) is -0.536. The van der Waals surface area contributed by atoms with Gasteiger partial charge in [0, 0.05) is 7.05 Å². The van der Waals surface area contributed by atoms with Gasteiger partial charge < -0.3 is 14.8 Å². The maximum absolute atomic E-state index is 11.2. The highest BCUT2D eigenvalue weighted by Gasteiger charge is 2.14. The van der Waals surface area contributed by atoms with Gasteiger partial charge in [0.2, 0.25) is 0 Å². The van der Waals surface area contributed by atoms with Gasteiger partial charge in [-0.15, -0.1) is 0 Å². The van der Waals surface area contributed by atoms with E-state index < -0.39 is 6.10 Å². The van der Waals surface area contributed by atoms with E-state index in [1.165, 1.54) is 0 Å². The highest BCUT2D eigenvalue weighted by molar-refractivity contribution is 5.80. The first-order valence-electron chi connectivity index (χ1n) is 4.70. The van der Waals surface area contributed by atoms with Crippen LogP contribution in [0.15, 0.2) is 24.3 Å². The summed E-state index contributed by atoms with van der Waals surface area (Å²) in [4.78, 5) is 11.2. The summed E-state index contributed by atoms with van der Waals surface area (Å²) >= 11 is 0. The Hall–Kier alpha value is -1.71. The molecule has 0 saturated heterocycles. The zero-order chi connectivity index (χ0) is 11.3. The smallest absolute Gasteiger partial charge is 0.260 e. The molecule has 82 valence electrons. The number of hydrogen-bond acceptors (Lipinski definition) is 3. The van der Waals surface area contributed by atoms with Gasteiger partial charge in [0.15, 0.2) is 17.6 Å². The molecule has 4 nitrogen and oxygen atoms in total. The predicted octanol–water partition coefficient (Wildman–Crippen LogP) is 1.21. The van der Waals surface area contributed by atoms with Gasteiger partial charge in [0.05, 0.1) is 7.11 Å². The molecule has 1 amide bonds. The van der Waals surface area contributed by atoms with Crippen molar-refractivity contribution in [3.05, 3.63) is 24.3 Å². The lowest BCUT2D eigenvalue weighted by atomic mass is 10.3. The Balaban J connectivity index is 2.75. The molecule has 0 aliphatic carbocycles. The molecule has 4 heteroatoms. The fourth-order valence-electron chi connectivity index (χ4n) is 1.16. The van der Waals surface area contributed by atoms with Crippen LogP contribution in [0.3, 0.4) is 0 Å². The Morgan fingerprint density at radius 2 is 1.93 bits per heavy atom. The van der Waals surface area contributed by atoms with Crippen LogP contribution in [-0.4, -0.2) is 26.2 Å². The summed E-state index contributed by atoms with van der Waals surface area (Å²) < 4.78 is 10.6. The molecule has 0 fully saturated rings. The van der Waals surface area contributed by atoms with Crippen molar-refractivity contribution in [3.8, 4) is 11.5 Å². The van der Waals surface area contributed by atoms with Crippen molar-refractivity contribution in [3.63, 3.8) is 0 Å². The number of carbonyl (C=O) groups is 1. The Morgan fingerprint density at radius 3 is 2.47 bits per heavy atom. The van der Waals surface area contributed by atoms with Crippen LogP contribution in [0, 0.1) is 0 Å². The molecule has 0 unspecified atom stereocenters. The number of nitrogens with one attached hydrogen (secondary N) is 1. The molecule has 1 atom stereocenters. The molecule has 0 saturated carbocycles. The van der Waals surface area contributed by atoms with Crippen molar-refractivity contribution in [2.75, 3.05) is 14.2 Å². The minimum absolute atomic E-state index is 0.166. The van der Waals surface area contributed by atoms with Crippen molar-refractivity contribution >= 4 is 5.91 Å². The van der Waals surface area contributed by atoms with Gasteiger partial charge in [-0.2, -0.15) is 0 Å². The summed E-state index contributed by atoms with van der Waals surface area (Å²) in [6, 6.07) is 7.22. The fraction of sp³-hybridized carbons (Fsp3) is 0.364. The van der Waals surface area contributed by atoms with E-state index >= 15 is 0 Å². The van der Waals surface area contributed by atoms with E-state index in [9.17, 15) is 4.79 Å². The molecular weight excluding hydrogens is 194 g/mol. The third kappa shape index (κ3) is 2.87. The van der Waals surface area contributed by atoms with E-state index in [0.29, 0.717) is 11.5 Å². The third-order valence-electron chi connectivity index (χ3n) is 1.99. The number of likely N-dealkylation sites (N-methyl/N-ethyl adjacent to an activating group) is 1. The van der Waals surface area contributed by atoms with E-state index in [2.05, 4.69) is 5.32 Å². The number of para-hydroxylation sites is 2. The van der Waals surface area contributed by atoms with Crippen molar-refractivity contribution in [1.82, 2.24) is 5.32 Å². The molecule has 1 aromatic carbocycles. The second-order valence-electron chi connectivity index (χ2n) is 3.03. The topological polar surface area (TPSA) is 47.6 Å². The predicted molar refractivity (Wildman–Crippen MR) is 57.2 cm³/mol. The lowest BCUT2D eigenvalue weighted by molar-refractivity contribution is -0.126. The number of methoxy groups -OCH3 is 1. The molecule has 0 spiro atoms. The molecule has 0 bridgehead atoms. The van der Waals surface area contributed by atoms with Crippen LogP contribution < -0.4 is 14.8 Å². The Labute approximate surface area is 89.2 Å². The summed E-state index contributed by atoms with van der Waals surface area (Å²) in [6.45, 7) is 1.69. The monoisotopic (exact) mass is 209 g/mol. The molecule has 15 heavy (non-hydrogen) atoms. The molecule has 1 rings (SSSR count). The minimum atomic E-state index is -0.536. The Kier molecular flexibility index (Phi) is 3.97. The molecule has 0 aliphatic rings. The zero-order valence-corrected chi connectivity index (χ0v) is 9.11. The first-order valence-corrected chi connectivity index (χ1v) is 4.70. The molecular formula is C11H15NO3. The number of benzene rings is 1. The molecule has 0 aromatic heterocycles. The number of rotatable bonds is 4. The van der Waals surface area contributed by atoms with Crippen LogP contribution in [0.1, 0.15) is 6.92 Å². The average Bonchev–Trinajstić information content (AvgIpc) is 2.28. The minimum Gasteiger partial charge on any atom is -0.493 e. The van der Waals surface area contributed by atoms with Gasteiger partial charge in [-0.25, -0.2) is 0 Å². The fourth-order valence-corrected chi connectivity index (χ4v) is 1.16. The Morgan fingerprint density at radius 1 is 1.33 bits per heavy atom. The summed E-state index contributed by atoms with van der Waals surface area (Å²) in [5.41, 5.74) is 0. The van der Waals surface area contributed by atoms with Gasteiger partial charge in [-0.05, 0) is 19.1 Å². The SMILES string of the molecule is CNC(=O)[C@H](C)Oc1ccccc1OC. The average molecular weight is 209 g/mol. The van der Waals surface area contributed by atoms with Gasteiger partial charge in [-0.3, -0.25) is 4.79 Å². The van der Waals surface area contributed by atoms with Gasteiger partial charge >= 0.3 is 0 Å². The standard InChI is InChI=1S/C11H15NO3/c1-8(11(13)12-2)15-10-7-5-4-6-9(10)14-3/h4-8H,1-3H3,(H,12,13)/t8-/m0/s1. The van der Waals surface area contributed by atoms with Crippen molar-refractivity contribution in [1.29, 1.82) is 0 Å². The first-order chi connectivity index (χ1) is 7.19. The maximum Gasteiger partial charge on any atom is 0.260 e. The number of carbonyl (C=O) groups excluding carboxylic acids is 1. The van der Waals surface area contributed by atoms with Crippen LogP contribution in [0.2, 0.25) is 0 Å². The van der Waals surface area contributed by atoms with E-state index in [1.807, 2.05) is 12.1 Å². The van der Waals surface area contributed by atoms with Crippen LogP contribution in [0.25, 0.3) is 0 Å². The molecule has 0 radical (unpaired) electrons. The van der Waals surface area contributed by atoms with Crippen LogP contribution in [0.5, 0.6) is 11.5 Å². The zero-order valence-electron chi connectivity index (χ0n) is 9.11. The second-order valence-corrected chi connectivity index (χ2v) is 3.03. The molecule has 0 aliphatic heterocycles. The second kappa shape index (κ2) is 5.24. The highest BCUT2D eigenvalue weighted by Crippen LogP contribution is 2.26. The first kappa shape index (κ1) is 11.4. The largest absolute Gasteiger partial charge is 0.493 e. The van der Waals surface area contributed by atoms with E-state index in [1.54, 1.807) is 33.2 Å². The van der Waals surface area contributed by atoms with Crippen molar-refractivity contribution in [2.24, 2.45) is 0 Å². The molecule has 1 N–H and O–H groups in total. The number of amides is 1. The van der Waals surface area contributed by atoms with Crippen LogP contribution in [0.4, 0.5) is 0 Å². The summed E-state index contributed by atoms with van der Waals surface area (Å²) in [5.74, 6) is 1.02. The van der Waals surface area contributed by atoms with E-state index in [-0.39, 0.29) is 5.91 Å². The summed E-state index contributed by atoms with van der Waals surface area (Å²) in [7, 11) is 3.14. The van der Waals surface area contributed by atoms with Crippen LogP contribution >= 0.6 is 0 Å². The quantitative estimate of drug-likeness (QED) is 0.810. The third-order valence-corrected chi connectivity index (χ3v) is 1.99. The lowest BCUT2D eigenvalue weighted by Crippen LogP contribution is -2.33. The van der Waals surface area contributed by atoms with Gasteiger partial charge in [-0.1, -0.05) is 12.1 Å². The summed E-state index contributed by atoms with van der Waals surface area (Å²) in [5, 5.41) is 2.52. The number of ether oxygens (including phenoxy) is 2. The lowest BCUT2D eigenvalue weighted by Gasteiger charge is -2.15. The van der Waals surface area contributed by atoms with Crippen molar-refractivity contribution in [2.45, 2.75) is 13.0 Å². The maximum atomic E-state index is 11.2. The molecule has 1 aromatic rings.